The van der Waals surface area contributed by atoms with E-state index in [1.807, 2.05) is 0 Å². The summed E-state index contributed by atoms with van der Waals surface area (Å²) in [5.41, 5.74) is 0. The second kappa shape index (κ2) is 7.56. The van der Waals surface area contributed by atoms with Gasteiger partial charge in [-0.05, 0) is 11.1 Å². The Morgan fingerprint density at radius 2 is 2.45 bits per heavy atom. The molecule has 0 aromatic rings. The van der Waals surface area contributed by atoms with E-state index in [0.717, 1.165) is 31.1 Å². The molecule has 0 heterocycles. The third kappa shape index (κ3) is 9.45. The number of hydrogen-bond donors (Lipinski definition) is 1. The minimum absolute atomic E-state index is 0.246. The van der Waals surface area contributed by atoms with Crippen LogP contribution in [0.5, 0.6) is 0 Å². The molecule has 0 spiro atoms. The van der Waals surface area contributed by atoms with Crippen molar-refractivity contribution in [3.63, 3.8) is 0 Å². The highest BCUT2D eigenvalue weighted by Crippen LogP contribution is 1.80. The molecule has 0 rings (SSSR count). The summed E-state index contributed by atoms with van der Waals surface area (Å²) in [6, 6.07) is 0. The summed E-state index contributed by atoms with van der Waals surface area (Å²) in [5, 5.41) is 9.84. The molecule has 0 aliphatic heterocycles. The highest BCUT2D eigenvalue weighted by Gasteiger charge is 1.93. The van der Waals surface area contributed by atoms with Gasteiger partial charge in [-0.15, -0.1) is 0 Å². The van der Waals surface area contributed by atoms with Crippen LogP contribution in [0.25, 0.3) is 0 Å². The second-order valence-corrected chi connectivity index (χ2v) is 2.73. The van der Waals surface area contributed by atoms with Crippen LogP contribution >= 0.6 is 0 Å². The molecule has 0 amide bonds. The first-order chi connectivity index (χ1) is 5.27. The molecule has 0 aromatic carbocycles. The number of hydrogen-bond acceptors (Lipinski definition) is 3. The zero-order chi connectivity index (χ0) is 8.53. The van der Waals surface area contributed by atoms with Crippen LogP contribution in [0.4, 0.5) is 0 Å². The third-order valence-electron chi connectivity index (χ3n) is 0.955. The Balaban J connectivity index is 3.10. The number of rotatable bonds is 6. The lowest BCUT2D eigenvalue weighted by Gasteiger charge is -1.86. The number of aliphatic carboxylic acids is 1. The van der Waals surface area contributed by atoms with E-state index in [9.17, 15) is 9.90 Å². The van der Waals surface area contributed by atoms with Crippen molar-refractivity contribution >= 4 is 17.7 Å². The van der Waals surface area contributed by atoms with Gasteiger partial charge in [-0.2, -0.15) is 0 Å². The number of unbranched alkanes of at least 4 members (excludes halogenated alkanes) is 1. The van der Waals surface area contributed by atoms with Crippen LogP contribution in [0.3, 0.4) is 0 Å². The summed E-state index contributed by atoms with van der Waals surface area (Å²) in [5.74, 6) is -1.14. The fraction of sp³-hybridized carbons (Fsp3) is 0.833. The van der Waals surface area contributed by atoms with Gasteiger partial charge in [-0.3, -0.25) is 0 Å². The molecular formula is C6H12N2O2S. The van der Waals surface area contributed by atoms with Gasteiger partial charge in [0.25, 0.3) is 0 Å². The van der Waals surface area contributed by atoms with E-state index in [2.05, 4.69) is 16.0 Å². The summed E-state index contributed by atoms with van der Waals surface area (Å²) >= 11 is 1.08. The molecule has 64 valence electrons. The number of nitrogens with one attached hydrogen (secondary N) is 1. The van der Waals surface area contributed by atoms with E-state index in [1.54, 1.807) is 0 Å². The smallest absolute Gasteiger partial charge is 0.437 e. The van der Waals surface area contributed by atoms with E-state index in [4.69, 9.17) is 0 Å². The molecule has 0 bridgehead atoms. The van der Waals surface area contributed by atoms with E-state index < -0.39 is 5.97 Å². The topological polar surface area (TPSA) is 64.5 Å². The second-order valence-electron chi connectivity index (χ2n) is 2.00. The molecule has 4 nitrogen and oxygen atoms in total. The SMILES string of the molecule is CCCCN[S+]=NCC(=O)[O-]. The Morgan fingerprint density at radius 1 is 1.73 bits per heavy atom. The Kier molecular flexibility index (Phi) is 7.18. The Hall–Kier alpha value is -0.550. The highest BCUT2D eigenvalue weighted by molar-refractivity contribution is 7.65. The summed E-state index contributed by atoms with van der Waals surface area (Å²) in [4.78, 5) is 9.84. The van der Waals surface area contributed by atoms with Crippen molar-refractivity contribution in [2.24, 2.45) is 4.36 Å². The van der Waals surface area contributed by atoms with Crippen molar-refractivity contribution in [3.8, 4) is 0 Å². The maximum atomic E-state index is 9.84. The number of carbonyl (C=O) groups is 1. The Morgan fingerprint density at radius 3 is 3.00 bits per heavy atom. The monoisotopic (exact) mass is 176 g/mol. The molecule has 11 heavy (non-hydrogen) atoms. The van der Waals surface area contributed by atoms with Crippen molar-refractivity contribution in [3.05, 3.63) is 0 Å². The normalized spacial score (nSPS) is 10.6. The van der Waals surface area contributed by atoms with Crippen LogP contribution in [0, 0.1) is 0 Å². The number of nitrogens with zero attached hydrogens (tertiary/aromatic N) is 1. The van der Waals surface area contributed by atoms with Gasteiger partial charge in [0, 0.05) is 4.36 Å². The van der Waals surface area contributed by atoms with Crippen LogP contribution in [0.1, 0.15) is 19.8 Å². The van der Waals surface area contributed by atoms with Crippen molar-refractivity contribution < 1.29 is 9.90 Å². The molecule has 0 atom stereocenters. The van der Waals surface area contributed by atoms with E-state index in [0.29, 0.717) is 0 Å². The van der Waals surface area contributed by atoms with Gasteiger partial charge in [0.05, 0.1) is 12.5 Å². The Bertz CT molecular complexity index is 139. The molecule has 1 N–H and O–H groups in total. The van der Waals surface area contributed by atoms with Crippen molar-refractivity contribution in [1.29, 1.82) is 0 Å². The first-order valence-electron chi connectivity index (χ1n) is 3.53. The lowest BCUT2D eigenvalue weighted by Crippen LogP contribution is -2.25. The molecule has 0 aliphatic rings. The maximum absolute atomic E-state index is 9.84. The first kappa shape index (κ1) is 10.4. The standard InChI is InChI=1S/C6H12N2O2S/c1-2-3-4-7-11-8-5-6(9)10/h2-5H2,1H3,(H-,7,8,9,10). The third-order valence-corrected chi connectivity index (χ3v) is 1.55. The number of carboxylic acids is 1. The summed E-state index contributed by atoms with van der Waals surface area (Å²) in [6.07, 6.45) is 2.20. The molecular weight excluding hydrogens is 164 g/mol. The minimum Gasteiger partial charge on any atom is -0.548 e. The number of carbonyl (C=O) groups excluding carboxylic acids is 1. The molecule has 0 aromatic heterocycles. The first-order valence-corrected chi connectivity index (χ1v) is 4.30. The fourth-order valence-electron chi connectivity index (χ4n) is 0.425. The van der Waals surface area contributed by atoms with E-state index in [-0.39, 0.29) is 6.54 Å². The summed E-state index contributed by atoms with van der Waals surface area (Å²) in [6.45, 7) is 2.70. The van der Waals surface area contributed by atoms with Gasteiger partial charge < -0.3 is 9.90 Å². The van der Waals surface area contributed by atoms with Gasteiger partial charge in [0.1, 0.15) is 6.54 Å². The predicted molar refractivity (Wildman–Crippen MR) is 42.6 cm³/mol. The van der Waals surface area contributed by atoms with Crippen LogP contribution in [-0.4, -0.2) is 19.1 Å². The zero-order valence-corrected chi connectivity index (χ0v) is 7.32. The average Bonchev–Trinajstić information content (AvgIpc) is 1.96. The summed E-state index contributed by atoms with van der Waals surface area (Å²) < 4.78 is 6.49. The van der Waals surface area contributed by atoms with Crippen LogP contribution in [0.2, 0.25) is 0 Å². The summed E-state index contributed by atoms with van der Waals surface area (Å²) in [7, 11) is 0. The predicted octanol–water partition coefficient (Wildman–Crippen LogP) is -0.693. The van der Waals surface area contributed by atoms with Crippen LogP contribution < -0.4 is 9.83 Å². The number of carboxylic acid groups (broad SMARTS) is 1. The van der Waals surface area contributed by atoms with Gasteiger partial charge in [0.2, 0.25) is 0 Å². The molecule has 0 fully saturated rings. The fourth-order valence-corrected chi connectivity index (χ4v) is 0.922. The molecule has 0 radical (unpaired) electrons. The quantitative estimate of drug-likeness (QED) is 0.331. The van der Waals surface area contributed by atoms with Gasteiger partial charge in [-0.1, -0.05) is 13.3 Å². The van der Waals surface area contributed by atoms with Crippen LogP contribution in [0.15, 0.2) is 4.36 Å². The molecule has 0 saturated carbocycles. The van der Waals surface area contributed by atoms with Crippen LogP contribution in [-0.2, 0) is 16.5 Å². The lowest BCUT2D eigenvalue weighted by molar-refractivity contribution is -0.303. The highest BCUT2D eigenvalue weighted by atomic mass is 32.1. The largest absolute Gasteiger partial charge is 0.548 e. The van der Waals surface area contributed by atoms with Gasteiger partial charge in [-0.25, -0.2) is 0 Å². The van der Waals surface area contributed by atoms with E-state index in [1.165, 1.54) is 0 Å². The van der Waals surface area contributed by atoms with Crippen molar-refractivity contribution in [2.45, 2.75) is 19.8 Å². The Labute approximate surface area is 70.3 Å². The molecule has 0 aliphatic carbocycles. The molecule has 0 saturated heterocycles. The molecule has 5 heteroatoms. The maximum Gasteiger partial charge on any atom is 0.437 e. The van der Waals surface area contributed by atoms with Crippen molar-refractivity contribution in [2.75, 3.05) is 13.1 Å². The lowest BCUT2D eigenvalue weighted by atomic mass is 10.3. The molecule has 0 unspecified atom stereocenters. The van der Waals surface area contributed by atoms with Gasteiger partial charge >= 0.3 is 11.7 Å². The van der Waals surface area contributed by atoms with E-state index >= 15 is 0 Å². The average molecular weight is 176 g/mol. The zero-order valence-electron chi connectivity index (χ0n) is 6.50. The van der Waals surface area contributed by atoms with Crippen molar-refractivity contribution in [1.82, 2.24) is 4.72 Å². The minimum atomic E-state index is -1.14. The van der Waals surface area contributed by atoms with Gasteiger partial charge in [0.15, 0.2) is 0 Å².